The highest BCUT2D eigenvalue weighted by molar-refractivity contribution is 5.87. The van der Waals surface area contributed by atoms with Gasteiger partial charge in [-0.1, -0.05) is 19.9 Å². The third-order valence-electron chi connectivity index (χ3n) is 5.22. The molecule has 0 spiro atoms. The number of nitrogens with one attached hydrogen (secondary N) is 2. The fourth-order valence-corrected chi connectivity index (χ4v) is 3.61. The highest BCUT2D eigenvalue weighted by Crippen LogP contribution is 2.50. The maximum atomic E-state index is 11.5. The Balaban J connectivity index is 1.51. The molecule has 0 radical (unpaired) electrons. The zero-order chi connectivity index (χ0) is 19.2. The molecule has 2 atom stereocenters. The molecule has 2 aromatic rings. The number of carbonyl (C=O) groups is 1. The van der Waals surface area contributed by atoms with Crippen LogP contribution in [0.15, 0.2) is 24.4 Å². The second-order valence-electron chi connectivity index (χ2n) is 7.14. The highest BCUT2D eigenvalue weighted by Gasteiger charge is 2.40. The standard InChI is InChI=1S/C21H28N4O2/c1-4-10-27-21(26)23-8-9-25(5-2)14-15-11-17(15)19-13-24-20-7-6-16(22-3)12-18(19)20/h6-7,12-13,15,17,24H,4-5,8-11,14H2,1-2H3,(H,23,26). The quantitative estimate of drug-likeness (QED) is 0.650. The smallest absolute Gasteiger partial charge is 0.407 e. The SMILES string of the molecule is [C-]#[N+]c1ccc2[nH]cc(C3CC3CN(CC)CCNC(=O)OCCC)c2c1. The molecule has 1 fully saturated rings. The van der Waals surface area contributed by atoms with Crippen molar-refractivity contribution in [1.82, 2.24) is 15.2 Å². The summed E-state index contributed by atoms with van der Waals surface area (Å²) in [6, 6.07) is 5.84. The molecule has 1 aromatic carbocycles. The van der Waals surface area contributed by atoms with Gasteiger partial charge in [0, 0.05) is 31.3 Å². The number of hydrogen-bond donors (Lipinski definition) is 2. The summed E-state index contributed by atoms with van der Waals surface area (Å²) in [5, 5.41) is 4.00. The Hall–Kier alpha value is -2.52. The molecule has 2 N–H and O–H groups in total. The van der Waals surface area contributed by atoms with Gasteiger partial charge in [-0.3, -0.25) is 0 Å². The van der Waals surface area contributed by atoms with Crippen molar-refractivity contribution in [3.05, 3.63) is 41.4 Å². The number of H-pyrrole nitrogens is 1. The Kier molecular flexibility index (Phi) is 6.36. The van der Waals surface area contributed by atoms with Gasteiger partial charge < -0.3 is 19.9 Å². The number of rotatable bonds is 9. The lowest BCUT2D eigenvalue weighted by molar-refractivity contribution is 0.144. The largest absolute Gasteiger partial charge is 0.450 e. The van der Waals surface area contributed by atoms with Crippen LogP contribution in [0.1, 0.15) is 38.2 Å². The van der Waals surface area contributed by atoms with Crippen LogP contribution in [0.3, 0.4) is 0 Å². The summed E-state index contributed by atoms with van der Waals surface area (Å²) in [6.45, 7) is 15.3. The summed E-state index contributed by atoms with van der Waals surface area (Å²) >= 11 is 0. The molecule has 0 bridgehead atoms. The van der Waals surface area contributed by atoms with E-state index in [1.165, 1.54) is 17.4 Å². The van der Waals surface area contributed by atoms with Crippen molar-refractivity contribution < 1.29 is 9.53 Å². The van der Waals surface area contributed by atoms with Gasteiger partial charge in [0.15, 0.2) is 5.69 Å². The molecule has 1 amide bonds. The number of alkyl carbamates (subject to hydrolysis) is 1. The van der Waals surface area contributed by atoms with Crippen LogP contribution in [0.5, 0.6) is 0 Å². The maximum absolute atomic E-state index is 11.5. The van der Waals surface area contributed by atoms with Gasteiger partial charge in [-0.2, -0.15) is 0 Å². The molecule has 144 valence electrons. The van der Waals surface area contributed by atoms with Crippen LogP contribution in [-0.2, 0) is 4.74 Å². The number of aromatic amines is 1. The first-order valence-corrected chi connectivity index (χ1v) is 9.77. The Bertz CT molecular complexity index is 823. The fraction of sp³-hybridized carbons (Fsp3) is 0.524. The van der Waals surface area contributed by atoms with E-state index in [2.05, 4.69) is 33.2 Å². The minimum Gasteiger partial charge on any atom is -0.450 e. The molecule has 2 unspecified atom stereocenters. The van der Waals surface area contributed by atoms with Gasteiger partial charge in [0.2, 0.25) is 0 Å². The molecule has 27 heavy (non-hydrogen) atoms. The summed E-state index contributed by atoms with van der Waals surface area (Å²) in [7, 11) is 0. The van der Waals surface area contributed by atoms with Crippen LogP contribution in [0.4, 0.5) is 10.5 Å². The molecule has 1 saturated carbocycles. The molecule has 1 aliphatic carbocycles. The number of fused-ring (bicyclic) bond motifs is 1. The van der Waals surface area contributed by atoms with E-state index in [-0.39, 0.29) is 6.09 Å². The molecule has 0 saturated heterocycles. The van der Waals surface area contributed by atoms with Gasteiger partial charge in [0.1, 0.15) is 0 Å². The van der Waals surface area contributed by atoms with Crippen molar-refractivity contribution in [3.8, 4) is 0 Å². The number of benzene rings is 1. The van der Waals surface area contributed by atoms with E-state index in [4.69, 9.17) is 11.3 Å². The van der Waals surface area contributed by atoms with Crippen molar-refractivity contribution >= 4 is 22.7 Å². The van der Waals surface area contributed by atoms with Crippen LogP contribution in [-0.4, -0.2) is 48.8 Å². The summed E-state index contributed by atoms with van der Waals surface area (Å²) < 4.78 is 5.03. The molecule has 6 nitrogen and oxygen atoms in total. The molecule has 6 heteroatoms. The summed E-state index contributed by atoms with van der Waals surface area (Å²) in [6.07, 6.45) is 3.79. The fourth-order valence-electron chi connectivity index (χ4n) is 3.61. The van der Waals surface area contributed by atoms with Crippen LogP contribution in [0.2, 0.25) is 0 Å². The first kappa shape index (κ1) is 19.2. The van der Waals surface area contributed by atoms with Gasteiger partial charge in [-0.15, -0.1) is 0 Å². The first-order valence-electron chi connectivity index (χ1n) is 9.77. The summed E-state index contributed by atoms with van der Waals surface area (Å²) in [5.74, 6) is 1.18. The topological polar surface area (TPSA) is 61.7 Å². The lowest BCUT2D eigenvalue weighted by Crippen LogP contribution is -2.36. The minimum atomic E-state index is -0.327. The molecular formula is C21H28N4O2. The lowest BCUT2D eigenvalue weighted by atomic mass is 10.1. The second kappa shape index (κ2) is 8.92. The van der Waals surface area contributed by atoms with Crippen molar-refractivity contribution in [3.63, 3.8) is 0 Å². The zero-order valence-corrected chi connectivity index (χ0v) is 16.1. The van der Waals surface area contributed by atoms with E-state index < -0.39 is 0 Å². The Morgan fingerprint density at radius 3 is 3.04 bits per heavy atom. The number of ether oxygens (including phenoxy) is 1. The van der Waals surface area contributed by atoms with Gasteiger partial charge in [0.05, 0.1) is 13.2 Å². The average Bonchev–Trinajstić information content (AvgIpc) is 3.32. The lowest BCUT2D eigenvalue weighted by Gasteiger charge is -2.20. The number of aromatic nitrogens is 1. The maximum Gasteiger partial charge on any atom is 0.407 e. The number of hydrogen-bond acceptors (Lipinski definition) is 3. The average molecular weight is 368 g/mol. The van der Waals surface area contributed by atoms with E-state index in [1.807, 2.05) is 25.1 Å². The number of likely N-dealkylation sites (N-methyl/N-ethyl adjacent to an activating group) is 1. The van der Waals surface area contributed by atoms with Crippen LogP contribution in [0, 0.1) is 12.5 Å². The van der Waals surface area contributed by atoms with E-state index in [9.17, 15) is 4.79 Å². The van der Waals surface area contributed by atoms with Crippen LogP contribution < -0.4 is 5.32 Å². The minimum absolute atomic E-state index is 0.327. The first-order chi connectivity index (χ1) is 13.2. The predicted octanol–water partition coefficient (Wildman–Crippen LogP) is 4.28. The molecular weight excluding hydrogens is 340 g/mol. The van der Waals surface area contributed by atoms with E-state index in [1.54, 1.807) is 0 Å². The molecule has 1 aliphatic rings. The third kappa shape index (κ3) is 4.81. The molecule has 1 aromatic heterocycles. The molecule has 3 rings (SSSR count). The number of carbonyl (C=O) groups excluding carboxylic acids is 1. The number of nitrogens with zero attached hydrogens (tertiary/aromatic N) is 2. The van der Waals surface area contributed by atoms with E-state index in [0.717, 1.165) is 31.6 Å². The van der Waals surface area contributed by atoms with E-state index >= 15 is 0 Å². The van der Waals surface area contributed by atoms with Gasteiger partial charge >= 0.3 is 6.09 Å². The van der Waals surface area contributed by atoms with Crippen LogP contribution >= 0.6 is 0 Å². The molecule has 0 aliphatic heterocycles. The van der Waals surface area contributed by atoms with Crippen molar-refractivity contribution in [2.75, 3.05) is 32.8 Å². The van der Waals surface area contributed by atoms with Gasteiger partial charge in [0.25, 0.3) is 0 Å². The Morgan fingerprint density at radius 2 is 2.30 bits per heavy atom. The van der Waals surface area contributed by atoms with Gasteiger partial charge in [-0.25, -0.2) is 9.64 Å². The third-order valence-corrected chi connectivity index (χ3v) is 5.22. The Morgan fingerprint density at radius 1 is 1.44 bits per heavy atom. The normalized spacial score (nSPS) is 18.4. The second-order valence-corrected chi connectivity index (χ2v) is 7.14. The number of amides is 1. The molecule has 1 heterocycles. The van der Waals surface area contributed by atoms with Crippen molar-refractivity contribution in [2.45, 2.75) is 32.6 Å². The highest BCUT2D eigenvalue weighted by atomic mass is 16.5. The predicted molar refractivity (Wildman–Crippen MR) is 107 cm³/mol. The Labute approximate surface area is 160 Å². The zero-order valence-electron chi connectivity index (χ0n) is 16.1. The monoisotopic (exact) mass is 368 g/mol. The summed E-state index contributed by atoms with van der Waals surface area (Å²) in [4.78, 5) is 20.8. The van der Waals surface area contributed by atoms with E-state index in [0.29, 0.717) is 30.7 Å². The van der Waals surface area contributed by atoms with Crippen molar-refractivity contribution in [2.24, 2.45) is 5.92 Å². The van der Waals surface area contributed by atoms with Crippen molar-refractivity contribution in [1.29, 1.82) is 0 Å². The summed E-state index contributed by atoms with van der Waals surface area (Å²) in [5.41, 5.74) is 3.12. The van der Waals surface area contributed by atoms with Crippen LogP contribution in [0.25, 0.3) is 15.7 Å². The van der Waals surface area contributed by atoms with Gasteiger partial charge in [-0.05, 0) is 54.3 Å².